The van der Waals surface area contributed by atoms with Gasteiger partial charge in [0, 0.05) is 25.2 Å². The maximum Gasteiger partial charge on any atom is 0.261 e. The van der Waals surface area contributed by atoms with E-state index in [4.69, 9.17) is 0 Å². The molecule has 0 aliphatic carbocycles. The van der Waals surface area contributed by atoms with Crippen LogP contribution in [0.4, 0.5) is 5.69 Å². The summed E-state index contributed by atoms with van der Waals surface area (Å²) in [5, 5.41) is 0. The number of hydrogen-bond donors (Lipinski definition) is 2. The highest BCUT2D eigenvalue weighted by Gasteiger charge is 2.34. The van der Waals surface area contributed by atoms with Gasteiger partial charge in [-0.25, -0.2) is 0 Å². The largest absolute Gasteiger partial charge is 0.362 e. The predicted octanol–water partition coefficient (Wildman–Crippen LogP) is 1.66. The molecule has 31 heavy (non-hydrogen) atoms. The van der Waals surface area contributed by atoms with E-state index >= 15 is 0 Å². The van der Waals surface area contributed by atoms with Crippen LogP contribution >= 0.6 is 0 Å². The number of anilines is 1. The summed E-state index contributed by atoms with van der Waals surface area (Å²) in [7, 11) is 0. The molecule has 160 valence electrons. The maximum atomic E-state index is 12.3. The molecule has 2 aromatic rings. The first-order valence-corrected chi connectivity index (χ1v) is 10.4. The Labute approximate surface area is 180 Å². The number of nitrogens with one attached hydrogen (secondary N) is 2. The van der Waals surface area contributed by atoms with Crippen LogP contribution in [0.3, 0.4) is 0 Å². The monoisotopic (exact) mass is 420 g/mol. The number of aryl methyl sites for hydroxylation is 1. The Morgan fingerprint density at radius 1 is 0.871 bits per heavy atom. The highest BCUT2D eigenvalue weighted by Crippen LogP contribution is 2.26. The highest BCUT2D eigenvalue weighted by atomic mass is 16.2. The van der Waals surface area contributed by atoms with E-state index in [0.717, 1.165) is 30.0 Å². The molecule has 2 aromatic carbocycles. The fraction of sp³-hybridized carbons (Fsp3) is 0.304. The maximum absolute atomic E-state index is 12.3. The Morgan fingerprint density at radius 2 is 1.52 bits per heavy atom. The van der Waals surface area contributed by atoms with E-state index in [2.05, 4.69) is 16.9 Å². The van der Waals surface area contributed by atoms with Gasteiger partial charge in [-0.1, -0.05) is 30.3 Å². The van der Waals surface area contributed by atoms with Crippen LogP contribution in [0.15, 0.2) is 48.5 Å². The van der Waals surface area contributed by atoms with Gasteiger partial charge in [0.1, 0.15) is 0 Å². The minimum atomic E-state index is -0.371. The molecule has 2 heterocycles. The van der Waals surface area contributed by atoms with Crippen molar-refractivity contribution in [2.45, 2.75) is 25.7 Å². The molecule has 0 fully saturated rings. The molecule has 0 spiro atoms. The number of carbonyl (C=O) groups excluding carboxylic acids is 4. The van der Waals surface area contributed by atoms with Gasteiger partial charge in [0.25, 0.3) is 17.7 Å². The fourth-order valence-electron chi connectivity index (χ4n) is 4.03. The van der Waals surface area contributed by atoms with Crippen LogP contribution in [0, 0.1) is 0 Å². The van der Waals surface area contributed by atoms with Crippen molar-refractivity contribution in [1.29, 1.82) is 0 Å². The van der Waals surface area contributed by atoms with Crippen LogP contribution in [0.5, 0.6) is 0 Å². The van der Waals surface area contributed by atoms with Crippen molar-refractivity contribution in [2.24, 2.45) is 0 Å². The third-order valence-corrected chi connectivity index (χ3v) is 5.55. The van der Waals surface area contributed by atoms with Crippen molar-refractivity contribution in [1.82, 2.24) is 15.8 Å². The van der Waals surface area contributed by atoms with Crippen LogP contribution in [-0.4, -0.2) is 48.2 Å². The lowest BCUT2D eigenvalue weighted by Crippen LogP contribution is -2.47. The highest BCUT2D eigenvalue weighted by molar-refractivity contribution is 6.21. The molecule has 0 saturated heterocycles. The summed E-state index contributed by atoms with van der Waals surface area (Å²) in [6.07, 6.45) is 2.37. The normalized spacial score (nSPS) is 14.8. The Morgan fingerprint density at radius 3 is 2.26 bits per heavy atom. The molecule has 4 rings (SSSR count). The minimum absolute atomic E-state index is 0.0836. The number of hydrogen-bond acceptors (Lipinski definition) is 5. The van der Waals surface area contributed by atoms with Gasteiger partial charge in [-0.2, -0.15) is 0 Å². The lowest BCUT2D eigenvalue weighted by molar-refractivity contribution is -0.128. The van der Waals surface area contributed by atoms with Gasteiger partial charge in [0.05, 0.1) is 17.7 Å². The number of hydrazine groups is 1. The Hall–Kier alpha value is -3.68. The van der Waals surface area contributed by atoms with E-state index in [1.54, 1.807) is 24.3 Å². The average Bonchev–Trinajstić information content (AvgIpc) is 3.03. The second-order valence-electron chi connectivity index (χ2n) is 7.66. The SMILES string of the molecule is O=C(CCCN1C(=O)c2ccccc2C1=O)NNC(=O)CN1CCCc2ccccc21. The van der Waals surface area contributed by atoms with Crippen molar-refractivity contribution >= 4 is 29.3 Å². The lowest BCUT2D eigenvalue weighted by Gasteiger charge is -2.30. The van der Waals surface area contributed by atoms with Crippen LogP contribution < -0.4 is 15.8 Å². The van der Waals surface area contributed by atoms with Gasteiger partial charge in [-0.05, 0) is 43.0 Å². The number of amides is 4. The minimum Gasteiger partial charge on any atom is -0.362 e. The van der Waals surface area contributed by atoms with Gasteiger partial charge >= 0.3 is 0 Å². The Balaban J connectivity index is 1.20. The molecular weight excluding hydrogens is 396 g/mol. The van der Waals surface area contributed by atoms with Crippen LogP contribution in [-0.2, 0) is 16.0 Å². The van der Waals surface area contributed by atoms with Crippen LogP contribution in [0.25, 0.3) is 0 Å². The predicted molar refractivity (Wildman–Crippen MR) is 114 cm³/mol. The van der Waals surface area contributed by atoms with Gasteiger partial charge in [-0.15, -0.1) is 0 Å². The van der Waals surface area contributed by atoms with E-state index < -0.39 is 0 Å². The molecule has 4 amide bonds. The first-order valence-electron chi connectivity index (χ1n) is 10.4. The van der Waals surface area contributed by atoms with E-state index in [1.807, 2.05) is 23.1 Å². The van der Waals surface area contributed by atoms with Crippen LogP contribution in [0.2, 0.25) is 0 Å². The fourth-order valence-corrected chi connectivity index (χ4v) is 4.03. The zero-order valence-electron chi connectivity index (χ0n) is 17.1. The molecule has 0 bridgehead atoms. The van der Waals surface area contributed by atoms with Crippen molar-refractivity contribution in [2.75, 3.05) is 24.5 Å². The molecule has 8 nitrogen and oxygen atoms in total. The standard InChI is InChI=1S/C23H24N4O4/c28-20(12-6-14-27-22(30)17-9-2-3-10-18(17)23(27)31)24-25-21(29)15-26-13-5-8-16-7-1-4-11-19(16)26/h1-4,7,9-11H,5-6,8,12-15H2,(H,24,28)(H,25,29). The third-order valence-electron chi connectivity index (χ3n) is 5.55. The molecule has 0 unspecified atom stereocenters. The summed E-state index contributed by atoms with van der Waals surface area (Å²) in [4.78, 5) is 52.1. The van der Waals surface area contributed by atoms with Crippen molar-refractivity contribution in [3.8, 4) is 0 Å². The number of carbonyl (C=O) groups is 4. The second-order valence-corrected chi connectivity index (χ2v) is 7.66. The van der Waals surface area contributed by atoms with E-state index in [9.17, 15) is 19.2 Å². The van der Waals surface area contributed by atoms with E-state index in [-0.39, 0.29) is 43.1 Å². The van der Waals surface area contributed by atoms with Gasteiger partial charge in [0.2, 0.25) is 5.91 Å². The zero-order valence-corrected chi connectivity index (χ0v) is 17.1. The van der Waals surface area contributed by atoms with Crippen molar-refractivity contribution in [3.63, 3.8) is 0 Å². The molecule has 0 aromatic heterocycles. The number of rotatable bonds is 6. The lowest BCUT2D eigenvalue weighted by atomic mass is 10.0. The number of imide groups is 1. The van der Waals surface area contributed by atoms with Gasteiger partial charge in [0.15, 0.2) is 0 Å². The molecule has 0 radical (unpaired) electrons. The van der Waals surface area contributed by atoms with Crippen molar-refractivity contribution in [3.05, 3.63) is 65.2 Å². The Bertz CT molecular complexity index is 1000. The second kappa shape index (κ2) is 8.99. The number of nitrogens with zero attached hydrogens (tertiary/aromatic N) is 2. The summed E-state index contributed by atoms with van der Waals surface area (Å²) in [5.41, 5.74) is 7.91. The summed E-state index contributed by atoms with van der Waals surface area (Å²) >= 11 is 0. The topological polar surface area (TPSA) is 98.8 Å². The summed E-state index contributed by atoms with van der Waals surface area (Å²) in [6, 6.07) is 14.7. The molecule has 2 aliphatic rings. The van der Waals surface area contributed by atoms with Crippen LogP contribution in [0.1, 0.15) is 45.5 Å². The molecule has 8 heteroatoms. The van der Waals surface area contributed by atoms with Gasteiger partial charge < -0.3 is 4.90 Å². The third kappa shape index (κ3) is 4.42. The average molecular weight is 420 g/mol. The van der Waals surface area contributed by atoms with Crippen molar-refractivity contribution < 1.29 is 19.2 Å². The molecule has 0 saturated carbocycles. The number of para-hydroxylation sites is 1. The quantitative estimate of drug-likeness (QED) is 0.547. The summed E-state index contributed by atoms with van der Waals surface area (Å²) in [5.74, 6) is -1.35. The number of benzene rings is 2. The first kappa shape index (κ1) is 20.6. The smallest absolute Gasteiger partial charge is 0.261 e. The first-order chi connectivity index (χ1) is 15.0. The summed E-state index contributed by atoms with van der Waals surface area (Å²) in [6.45, 7) is 1.10. The zero-order chi connectivity index (χ0) is 21.8. The molecule has 0 atom stereocenters. The van der Waals surface area contributed by atoms with E-state index in [0.29, 0.717) is 17.5 Å². The molecular formula is C23H24N4O4. The molecule has 2 aliphatic heterocycles. The van der Waals surface area contributed by atoms with E-state index in [1.165, 1.54) is 5.56 Å². The Kier molecular flexibility index (Phi) is 5.97. The summed E-state index contributed by atoms with van der Waals surface area (Å²) < 4.78 is 0. The molecule has 2 N–H and O–H groups in total. The van der Waals surface area contributed by atoms with Gasteiger partial charge in [-0.3, -0.25) is 34.9 Å². The number of fused-ring (bicyclic) bond motifs is 2.